The van der Waals surface area contributed by atoms with E-state index in [-0.39, 0.29) is 11.9 Å². The first kappa shape index (κ1) is 10.5. The van der Waals surface area contributed by atoms with Crippen molar-refractivity contribution >= 4 is 5.91 Å². The smallest absolute Gasteiger partial charge is 0.236 e. The lowest BCUT2D eigenvalue weighted by molar-refractivity contribution is -0.122. The van der Waals surface area contributed by atoms with Crippen molar-refractivity contribution in [3.63, 3.8) is 0 Å². The van der Waals surface area contributed by atoms with E-state index in [1.807, 2.05) is 6.92 Å². The number of rotatable bonds is 4. The van der Waals surface area contributed by atoms with Crippen LogP contribution < -0.4 is 10.6 Å². The van der Waals surface area contributed by atoms with E-state index < -0.39 is 0 Å². The molecular weight excluding hydrogens is 164 g/mol. The predicted octanol–water partition coefficient (Wildman–Crippen LogP) is 0.901. The second-order valence-corrected chi connectivity index (χ2v) is 3.89. The number of carbonyl (C=O) groups excluding carboxylic acids is 1. The molecule has 0 saturated heterocycles. The Kier molecular flexibility index (Phi) is 4.22. The van der Waals surface area contributed by atoms with Crippen LogP contribution in [0.5, 0.6) is 0 Å². The highest BCUT2D eigenvalue weighted by atomic mass is 16.2. The molecule has 1 rings (SSSR count). The molecule has 0 aromatic rings. The highest BCUT2D eigenvalue weighted by molar-refractivity contribution is 5.80. The molecule has 2 N–H and O–H groups in total. The quantitative estimate of drug-likeness (QED) is 0.681. The summed E-state index contributed by atoms with van der Waals surface area (Å²) < 4.78 is 0. The minimum Gasteiger partial charge on any atom is -0.358 e. The molecule has 3 heteroatoms. The molecule has 0 aromatic carbocycles. The van der Waals surface area contributed by atoms with Gasteiger partial charge in [-0.05, 0) is 32.2 Å². The first-order chi connectivity index (χ1) is 6.24. The molecule has 0 radical (unpaired) electrons. The van der Waals surface area contributed by atoms with Crippen molar-refractivity contribution in [3.8, 4) is 0 Å². The van der Waals surface area contributed by atoms with Gasteiger partial charge in [-0.15, -0.1) is 0 Å². The number of likely N-dealkylation sites (N-methyl/N-ethyl adjacent to an activating group) is 1. The molecule has 0 heterocycles. The summed E-state index contributed by atoms with van der Waals surface area (Å²) in [6, 6.07) is -0.0504. The van der Waals surface area contributed by atoms with Gasteiger partial charge >= 0.3 is 0 Å². The number of amides is 1. The Labute approximate surface area is 80.3 Å². The van der Waals surface area contributed by atoms with E-state index in [2.05, 4.69) is 10.6 Å². The Morgan fingerprint density at radius 3 is 2.62 bits per heavy atom. The van der Waals surface area contributed by atoms with Crippen LogP contribution in [0.3, 0.4) is 0 Å². The van der Waals surface area contributed by atoms with Crippen LogP contribution in [0.4, 0.5) is 0 Å². The molecule has 1 fully saturated rings. The van der Waals surface area contributed by atoms with Crippen molar-refractivity contribution in [1.82, 2.24) is 10.6 Å². The minimum atomic E-state index is -0.0504. The Morgan fingerprint density at radius 2 is 2.08 bits per heavy atom. The highest BCUT2D eigenvalue weighted by Crippen LogP contribution is 2.23. The molecule has 3 nitrogen and oxygen atoms in total. The molecule has 1 aliphatic rings. The van der Waals surface area contributed by atoms with Gasteiger partial charge in [0.15, 0.2) is 0 Å². The van der Waals surface area contributed by atoms with Crippen LogP contribution in [0.2, 0.25) is 0 Å². The zero-order valence-electron chi connectivity index (χ0n) is 8.60. The zero-order chi connectivity index (χ0) is 9.68. The summed E-state index contributed by atoms with van der Waals surface area (Å²) in [7, 11) is 1.68. The maximum atomic E-state index is 11.1. The maximum absolute atomic E-state index is 11.1. The van der Waals surface area contributed by atoms with Crippen molar-refractivity contribution in [2.75, 3.05) is 13.6 Å². The molecule has 76 valence electrons. The van der Waals surface area contributed by atoms with Crippen LogP contribution in [0.15, 0.2) is 0 Å². The fourth-order valence-corrected chi connectivity index (χ4v) is 1.87. The number of hydrogen-bond donors (Lipinski definition) is 2. The number of hydrogen-bond acceptors (Lipinski definition) is 2. The Morgan fingerprint density at radius 1 is 1.46 bits per heavy atom. The summed E-state index contributed by atoms with van der Waals surface area (Å²) in [5, 5.41) is 5.90. The summed E-state index contributed by atoms with van der Waals surface area (Å²) in [6.07, 6.45) is 5.38. The van der Waals surface area contributed by atoms with Crippen molar-refractivity contribution in [1.29, 1.82) is 0 Å². The van der Waals surface area contributed by atoms with Gasteiger partial charge in [-0.25, -0.2) is 0 Å². The summed E-state index contributed by atoms with van der Waals surface area (Å²) in [4.78, 5) is 11.1. The average molecular weight is 184 g/mol. The lowest BCUT2D eigenvalue weighted by Gasteiger charge is -2.15. The van der Waals surface area contributed by atoms with E-state index in [1.165, 1.54) is 25.7 Å². The summed E-state index contributed by atoms with van der Waals surface area (Å²) >= 11 is 0. The van der Waals surface area contributed by atoms with E-state index in [1.54, 1.807) is 7.05 Å². The molecule has 0 aliphatic heterocycles. The molecule has 0 spiro atoms. The molecule has 1 saturated carbocycles. The third kappa shape index (κ3) is 3.35. The lowest BCUT2D eigenvalue weighted by atomic mass is 10.1. The zero-order valence-corrected chi connectivity index (χ0v) is 8.60. The normalized spacial score (nSPS) is 20.2. The molecular formula is C10H20N2O. The molecule has 1 unspecified atom stereocenters. The van der Waals surface area contributed by atoms with Crippen molar-refractivity contribution < 1.29 is 4.79 Å². The summed E-state index contributed by atoms with van der Waals surface area (Å²) in [5.74, 6) is 0.880. The first-order valence-corrected chi connectivity index (χ1v) is 5.19. The van der Waals surface area contributed by atoms with Gasteiger partial charge < -0.3 is 10.6 Å². The molecule has 1 atom stereocenters. The molecule has 0 bridgehead atoms. The van der Waals surface area contributed by atoms with Crippen molar-refractivity contribution in [2.45, 2.75) is 38.6 Å². The molecule has 1 aliphatic carbocycles. The van der Waals surface area contributed by atoms with Crippen molar-refractivity contribution in [3.05, 3.63) is 0 Å². The van der Waals surface area contributed by atoms with E-state index >= 15 is 0 Å². The number of carbonyl (C=O) groups is 1. The SMILES string of the molecule is CNC(=O)C(C)NCC1CCCC1. The number of nitrogens with one attached hydrogen (secondary N) is 2. The lowest BCUT2D eigenvalue weighted by Crippen LogP contribution is -2.42. The van der Waals surface area contributed by atoms with Crippen LogP contribution in [-0.4, -0.2) is 25.5 Å². The Balaban J connectivity index is 2.13. The fourth-order valence-electron chi connectivity index (χ4n) is 1.87. The summed E-state index contributed by atoms with van der Waals surface area (Å²) in [6.45, 7) is 2.91. The van der Waals surface area contributed by atoms with Crippen LogP contribution in [0, 0.1) is 5.92 Å². The van der Waals surface area contributed by atoms with E-state index in [0.29, 0.717) is 0 Å². The van der Waals surface area contributed by atoms with Gasteiger partial charge in [0.1, 0.15) is 0 Å². The largest absolute Gasteiger partial charge is 0.358 e. The van der Waals surface area contributed by atoms with Gasteiger partial charge in [0, 0.05) is 7.05 Å². The van der Waals surface area contributed by atoms with Crippen LogP contribution >= 0.6 is 0 Å². The maximum Gasteiger partial charge on any atom is 0.236 e. The fraction of sp³-hybridized carbons (Fsp3) is 0.900. The first-order valence-electron chi connectivity index (χ1n) is 5.19. The van der Waals surface area contributed by atoms with E-state index in [0.717, 1.165) is 12.5 Å². The van der Waals surface area contributed by atoms with Gasteiger partial charge in [0.2, 0.25) is 5.91 Å². The second kappa shape index (κ2) is 5.22. The third-order valence-electron chi connectivity index (χ3n) is 2.83. The Bertz CT molecular complexity index is 164. The van der Waals surface area contributed by atoms with Crippen molar-refractivity contribution in [2.24, 2.45) is 5.92 Å². The molecule has 0 aromatic heterocycles. The van der Waals surface area contributed by atoms with Gasteiger partial charge in [-0.1, -0.05) is 12.8 Å². The highest BCUT2D eigenvalue weighted by Gasteiger charge is 2.17. The average Bonchev–Trinajstić information content (AvgIpc) is 2.65. The third-order valence-corrected chi connectivity index (χ3v) is 2.83. The van der Waals surface area contributed by atoms with Gasteiger partial charge in [-0.2, -0.15) is 0 Å². The van der Waals surface area contributed by atoms with Gasteiger partial charge in [0.25, 0.3) is 0 Å². The molecule has 1 amide bonds. The Hall–Kier alpha value is -0.570. The van der Waals surface area contributed by atoms with E-state index in [4.69, 9.17) is 0 Å². The van der Waals surface area contributed by atoms with Gasteiger partial charge in [0.05, 0.1) is 6.04 Å². The minimum absolute atomic E-state index is 0.0504. The van der Waals surface area contributed by atoms with Crippen LogP contribution in [0.1, 0.15) is 32.6 Å². The van der Waals surface area contributed by atoms with Gasteiger partial charge in [-0.3, -0.25) is 4.79 Å². The molecule has 13 heavy (non-hydrogen) atoms. The summed E-state index contributed by atoms with van der Waals surface area (Å²) in [5.41, 5.74) is 0. The second-order valence-electron chi connectivity index (χ2n) is 3.89. The van der Waals surface area contributed by atoms with E-state index in [9.17, 15) is 4.79 Å². The van der Waals surface area contributed by atoms with Crippen LogP contribution in [0.25, 0.3) is 0 Å². The standard InChI is InChI=1S/C10H20N2O/c1-8(10(13)11-2)12-7-9-5-3-4-6-9/h8-9,12H,3-7H2,1-2H3,(H,11,13). The monoisotopic (exact) mass is 184 g/mol. The topological polar surface area (TPSA) is 41.1 Å². The predicted molar refractivity (Wildman–Crippen MR) is 53.5 cm³/mol. The van der Waals surface area contributed by atoms with Crippen LogP contribution in [-0.2, 0) is 4.79 Å².